The molecule has 0 aromatic heterocycles. The standard InChI is InChI=1S/C22H26IN3O2S/c1-4-12-26(13-5-2)21(28)16-8-10-18(11-9-16)24-22(29)25-20(27)17-7-6-15(3)19(23)14-17/h6-11,14H,4-5,12-13H2,1-3H3,(H2,24,25,27,29). The van der Waals surface area contributed by atoms with Gasteiger partial charge in [-0.2, -0.15) is 0 Å². The van der Waals surface area contributed by atoms with E-state index in [4.69, 9.17) is 12.2 Å². The normalized spacial score (nSPS) is 10.3. The van der Waals surface area contributed by atoms with Gasteiger partial charge in [0.15, 0.2) is 5.11 Å². The minimum atomic E-state index is -0.262. The van der Waals surface area contributed by atoms with Crippen molar-refractivity contribution >= 4 is 57.4 Å². The van der Waals surface area contributed by atoms with Crippen LogP contribution in [0.25, 0.3) is 0 Å². The van der Waals surface area contributed by atoms with E-state index in [9.17, 15) is 9.59 Å². The topological polar surface area (TPSA) is 61.4 Å². The SMILES string of the molecule is CCCN(CCC)C(=O)c1ccc(NC(=S)NC(=O)c2ccc(C)c(I)c2)cc1. The molecule has 0 saturated carbocycles. The number of hydrogen-bond donors (Lipinski definition) is 2. The maximum Gasteiger partial charge on any atom is 0.257 e. The van der Waals surface area contributed by atoms with Crippen molar-refractivity contribution in [3.05, 3.63) is 62.7 Å². The molecule has 2 amide bonds. The Balaban J connectivity index is 1.97. The van der Waals surface area contributed by atoms with E-state index in [2.05, 4.69) is 47.1 Å². The smallest absolute Gasteiger partial charge is 0.257 e. The molecule has 0 atom stereocenters. The molecule has 0 aliphatic carbocycles. The van der Waals surface area contributed by atoms with Gasteiger partial charge in [0, 0.05) is 33.5 Å². The van der Waals surface area contributed by atoms with Crippen molar-refractivity contribution in [3.63, 3.8) is 0 Å². The average Bonchev–Trinajstić information content (AvgIpc) is 2.69. The van der Waals surface area contributed by atoms with E-state index in [1.165, 1.54) is 0 Å². The number of halogens is 1. The average molecular weight is 523 g/mol. The lowest BCUT2D eigenvalue weighted by Crippen LogP contribution is -2.34. The third kappa shape index (κ3) is 6.78. The number of anilines is 1. The molecular formula is C22H26IN3O2S. The van der Waals surface area contributed by atoms with Crippen molar-refractivity contribution in [3.8, 4) is 0 Å². The van der Waals surface area contributed by atoms with E-state index >= 15 is 0 Å². The van der Waals surface area contributed by atoms with E-state index in [0.29, 0.717) is 16.8 Å². The Labute approximate surface area is 191 Å². The maximum absolute atomic E-state index is 12.6. The first-order valence-electron chi connectivity index (χ1n) is 9.63. The summed E-state index contributed by atoms with van der Waals surface area (Å²) in [6, 6.07) is 12.6. The van der Waals surface area contributed by atoms with Crippen molar-refractivity contribution in [2.45, 2.75) is 33.6 Å². The van der Waals surface area contributed by atoms with Gasteiger partial charge in [0.1, 0.15) is 0 Å². The van der Waals surface area contributed by atoms with Crippen LogP contribution >= 0.6 is 34.8 Å². The number of aryl methyl sites for hydroxylation is 1. The molecule has 5 nitrogen and oxygen atoms in total. The molecule has 0 unspecified atom stereocenters. The van der Waals surface area contributed by atoms with Crippen LogP contribution in [-0.4, -0.2) is 34.9 Å². The monoisotopic (exact) mass is 523 g/mol. The molecule has 0 spiro atoms. The van der Waals surface area contributed by atoms with Gasteiger partial charge in [0.2, 0.25) is 0 Å². The highest BCUT2D eigenvalue weighted by Crippen LogP contribution is 2.14. The number of amides is 2. The summed E-state index contributed by atoms with van der Waals surface area (Å²) in [6.45, 7) is 7.63. The van der Waals surface area contributed by atoms with E-state index in [1.807, 2.05) is 24.0 Å². The zero-order valence-electron chi connectivity index (χ0n) is 16.9. The summed E-state index contributed by atoms with van der Waals surface area (Å²) in [5.74, 6) is -0.230. The Bertz CT molecular complexity index is 878. The number of hydrogen-bond acceptors (Lipinski definition) is 3. The van der Waals surface area contributed by atoms with Crippen LogP contribution in [0.3, 0.4) is 0 Å². The third-order valence-corrected chi connectivity index (χ3v) is 5.69. The molecule has 0 aliphatic heterocycles. The van der Waals surface area contributed by atoms with Gasteiger partial charge in [-0.1, -0.05) is 19.9 Å². The number of rotatable bonds is 7. The van der Waals surface area contributed by atoms with Crippen molar-refractivity contribution < 1.29 is 9.59 Å². The summed E-state index contributed by atoms with van der Waals surface area (Å²) in [4.78, 5) is 26.9. The molecule has 0 radical (unpaired) electrons. The van der Waals surface area contributed by atoms with E-state index < -0.39 is 0 Å². The fourth-order valence-corrected chi connectivity index (χ4v) is 3.53. The summed E-state index contributed by atoms with van der Waals surface area (Å²) in [7, 11) is 0. The molecule has 0 fully saturated rings. The zero-order valence-corrected chi connectivity index (χ0v) is 19.9. The Hall–Kier alpha value is -2.00. The highest BCUT2D eigenvalue weighted by atomic mass is 127. The Morgan fingerprint density at radius 1 is 1.00 bits per heavy atom. The van der Waals surface area contributed by atoms with Crippen molar-refractivity contribution in [2.75, 3.05) is 18.4 Å². The number of benzene rings is 2. The summed E-state index contributed by atoms with van der Waals surface area (Å²) in [6.07, 6.45) is 1.86. The number of nitrogens with zero attached hydrogens (tertiary/aromatic N) is 1. The first-order valence-corrected chi connectivity index (χ1v) is 11.1. The number of carbonyl (C=O) groups excluding carboxylic acids is 2. The Kier molecular flexibility index (Phi) is 9.03. The van der Waals surface area contributed by atoms with Crippen LogP contribution in [0.5, 0.6) is 0 Å². The van der Waals surface area contributed by atoms with Crippen LogP contribution in [0.2, 0.25) is 0 Å². The molecular weight excluding hydrogens is 497 g/mol. The summed E-state index contributed by atoms with van der Waals surface area (Å²) in [5, 5.41) is 5.88. The lowest BCUT2D eigenvalue weighted by molar-refractivity contribution is 0.0755. The molecule has 0 bridgehead atoms. The summed E-state index contributed by atoms with van der Waals surface area (Å²) >= 11 is 7.44. The molecule has 2 aromatic carbocycles. The fourth-order valence-electron chi connectivity index (χ4n) is 2.81. The van der Waals surface area contributed by atoms with E-state index in [1.54, 1.807) is 30.3 Å². The first kappa shape index (κ1) is 23.3. The molecule has 0 aliphatic rings. The van der Waals surface area contributed by atoms with Crippen LogP contribution in [0, 0.1) is 10.5 Å². The predicted molar refractivity (Wildman–Crippen MR) is 131 cm³/mol. The fraction of sp³-hybridized carbons (Fsp3) is 0.318. The van der Waals surface area contributed by atoms with Gasteiger partial charge in [-0.25, -0.2) is 0 Å². The van der Waals surface area contributed by atoms with Crippen LogP contribution < -0.4 is 10.6 Å². The van der Waals surface area contributed by atoms with Crippen LogP contribution in [0.4, 0.5) is 5.69 Å². The molecule has 7 heteroatoms. The highest BCUT2D eigenvalue weighted by molar-refractivity contribution is 14.1. The second kappa shape index (κ2) is 11.3. The van der Waals surface area contributed by atoms with Crippen LogP contribution in [-0.2, 0) is 0 Å². The number of nitrogens with one attached hydrogen (secondary N) is 2. The Morgan fingerprint density at radius 3 is 2.14 bits per heavy atom. The predicted octanol–water partition coefficient (Wildman–Crippen LogP) is 4.99. The van der Waals surface area contributed by atoms with Crippen molar-refractivity contribution in [1.82, 2.24) is 10.2 Å². The van der Waals surface area contributed by atoms with Gasteiger partial charge in [0.25, 0.3) is 11.8 Å². The lowest BCUT2D eigenvalue weighted by atomic mass is 10.1. The molecule has 0 saturated heterocycles. The van der Waals surface area contributed by atoms with Gasteiger partial charge < -0.3 is 10.2 Å². The minimum absolute atomic E-state index is 0.0325. The van der Waals surface area contributed by atoms with Gasteiger partial charge in [0.05, 0.1) is 0 Å². The molecule has 2 N–H and O–H groups in total. The number of carbonyl (C=O) groups is 2. The second-order valence-electron chi connectivity index (χ2n) is 6.74. The quantitative estimate of drug-likeness (QED) is 0.397. The molecule has 0 heterocycles. The lowest BCUT2D eigenvalue weighted by Gasteiger charge is -2.21. The largest absolute Gasteiger partial charge is 0.339 e. The number of thiocarbonyl (C=S) groups is 1. The highest BCUT2D eigenvalue weighted by Gasteiger charge is 2.14. The summed E-state index contributed by atoms with van der Waals surface area (Å²) in [5.41, 5.74) is 3.02. The molecule has 29 heavy (non-hydrogen) atoms. The minimum Gasteiger partial charge on any atom is -0.339 e. The second-order valence-corrected chi connectivity index (χ2v) is 8.31. The van der Waals surface area contributed by atoms with E-state index in [0.717, 1.165) is 35.1 Å². The van der Waals surface area contributed by atoms with Crippen molar-refractivity contribution in [1.29, 1.82) is 0 Å². The third-order valence-electron chi connectivity index (χ3n) is 4.33. The van der Waals surface area contributed by atoms with Gasteiger partial charge in [-0.3, -0.25) is 14.9 Å². The maximum atomic E-state index is 12.6. The van der Waals surface area contributed by atoms with Gasteiger partial charge in [-0.15, -0.1) is 0 Å². The van der Waals surface area contributed by atoms with Gasteiger partial charge in [-0.05, 0) is 96.5 Å². The van der Waals surface area contributed by atoms with Crippen molar-refractivity contribution in [2.24, 2.45) is 0 Å². The molecule has 154 valence electrons. The Morgan fingerprint density at radius 2 is 1.59 bits per heavy atom. The summed E-state index contributed by atoms with van der Waals surface area (Å²) < 4.78 is 1.02. The van der Waals surface area contributed by atoms with Crippen LogP contribution in [0.15, 0.2) is 42.5 Å². The van der Waals surface area contributed by atoms with E-state index in [-0.39, 0.29) is 16.9 Å². The first-order chi connectivity index (χ1) is 13.8. The zero-order chi connectivity index (χ0) is 21.4. The molecule has 2 aromatic rings. The molecule has 2 rings (SSSR count). The van der Waals surface area contributed by atoms with Gasteiger partial charge >= 0.3 is 0 Å². The van der Waals surface area contributed by atoms with Crippen LogP contribution in [0.1, 0.15) is 53.0 Å².